The van der Waals surface area contributed by atoms with E-state index in [-0.39, 0.29) is 30.1 Å². The third-order valence-electron chi connectivity index (χ3n) is 6.50. The van der Waals surface area contributed by atoms with E-state index in [2.05, 4.69) is 10.6 Å². The average Bonchev–Trinajstić information content (AvgIpc) is 3.04. The van der Waals surface area contributed by atoms with Crippen LogP contribution in [0.3, 0.4) is 0 Å². The first-order chi connectivity index (χ1) is 15.8. The molecule has 172 valence electrons. The van der Waals surface area contributed by atoms with Crippen LogP contribution in [-0.2, 0) is 20.8 Å². The minimum atomic E-state index is -1.14. The zero-order chi connectivity index (χ0) is 23.7. The number of amides is 3. The van der Waals surface area contributed by atoms with Crippen LogP contribution in [0.5, 0.6) is 0 Å². The van der Waals surface area contributed by atoms with Crippen LogP contribution in [0.25, 0.3) is 0 Å². The van der Waals surface area contributed by atoms with Crippen molar-refractivity contribution in [1.29, 1.82) is 0 Å². The second-order valence-corrected chi connectivity index (χ2v) is 8.72. The Hall–Kier alpha value is -3.52. The SMILES string of the molecule is Cc1cccc(C)c1C(=O)N[C@@H](Cc1ccc(N2C(=O)C3CCNCC3C2=O)cc1)C(=O)O. The number of benzene rings is 2. The molecule has 2 fully saturated rings. The zero-order valence-corrected chi connectivity index (χ0v) is 18.6. The molecule has 0 radical (unpaired) electrons. The third kappa shape index (κ3) is 4.39. The Morgan fingerprint density at radius 2 is 1.70 bits per heavy atom. The van der Waals surface area contributed by atoms with E-state index in [1.54, 1.807) is 24.3 Å². The van der Waals surface area contributed by atoms with Crippen molar-refractivity contribution in [3.63, 3.8) is 0 Å². The van der Waals surface area contributed by atoms with Crippen molar-refractivity contribution in [2.24, 2.45) is 11.8 Å². The van der Waals surface area contributed by atoms with E-state index in [9.17, 15) is 24.3 Å². The number of carboxylic acid groups (broad SMARTS) is 1. The van der Waals surface area contributed by atoms with E-state index in [1.165, 1.54) is 4.90 Å². The predicted molar refractivity (Wildman–Crippen MR) is 122 cm³/mol. The van der Waals surface area contributed by atoms with Crippen molar-refractivity contribution in [2.45, 2.75) is 32.7 Å². The Labute approximate surface area is 192 Å². The molecule has 0 saturated carbocycles. The topological polar surface area (TPSA) is 116 Å². The molecule has 2 aliphatic heterocycles. The van der Waals surface area contributed by atoms with E-state index in [1.807, 2.05) is 32.0 Å². The van der Waals surface area contributed by atoms with Crippen molar-refractivity contribution in [3.8, 4) is 0 Å². The Kier molecular flexibility index (Phi) is 6.29. The van der Waals surface area contributed by atoms with Gasteiger partial charge in [-0.3, -0.25) is 19.3 Å². The highest BCUT2D eigenvalue weighted by Crippen LogP contribution is 2.34. The summed E-state index contributed by atoms with van der Waals surface area (Å²) < 4.78 is 0. The number of carbonyl (C=O) groups is 4. The number of hydrogen-bond acceptors (Lipinski definition) is 5. The normalized spacial score (nSPS) is 21.0. The molecule has 8 nitrogen and oxygen atoms in total. The van der Waals surface area contributed by atoms with E-state index < -0.39 is 17.9 Å². The maximum Gasteiger partial charge on any atom is 0.326 e. The maximum atomic E-state index is 12.8. The van der Waals surface area contributed by atoms with Gasteiger partial charge in [0.25, 0.3) is 5.91 Å². The van der Waals surface area contributed by atoms with E-state index in [0.29, 0.717) is 29.8 Å². The van der Waals surface area contributed by atoms with Gasteiger partial charge in [0, 0.05) is 18.5 Å². The van der Waals surface area contributed by atoms with Crippen LogP contribution in [0.4, 0.5) is 5.69 Å². The molecule has 33 heavy (non-hydrogen) atoms. The van der Waals surface area contributed by atoms with Crippen LogP contribution >= 0.6 is 0 Å². The van der Waals surface area contributed by atoms with Gasteiger partial charge in [-0.15, -0.1) is 0 Å². The van der Waals surface area contributed by atoms with Gasteiger partial charge in [0.05, 0.1) is 17.5 Å². The molecule has 3 atom stereocenters. The van der Waals surface area contributed by atoms with Gasteiger partial charge in [0.1, 0.15) is 6.04 Å². The number of aliphatic carboxylic acids is 1. The Bertz CT molecular complexity index is 1070. The molecule has 0 aromatic heterocycles. The first-order valence-corrected chi connectivity index (χ1v) is 11.0. The number of anilines is 1. The van der Waals surface area contributed by atoms with Crippen molar-refractivity contribution in [2.75, 3.05) is 18.0 Å². The van der Waals surface area contributed by atoms with Crippen molar-refractivity contribution >= 4 is 29.4 Å². The summed E-state index contributed by atoms with van der Waals surface area (Å²) in [6, 6.07) is 11.0. The van der Waals surface area contributed by atoms with Crippen molar-refractivity contribution in [3.05, 3.63) is 64.7 Å². The Morgan fingerprint density at radius 3 is 2.30 bits per heavy atom. The summed E-state index contributed by atoms with van der Waals surface area (Å²) in [7, 11) is 0. The molecule has 4 rings (SSSR count). The van der Waals surface area contributed by atoms with Crippen molar-refractivity contribution < 1.29 is 24.3 Å². The number of aryl methyl sites for hydroxylation is 2. The van der Waals surface area contributed by atoms with Gasteiger partial charge in [-0.05, 0) is 55.6 Å². The highest BCUT2D eigenvalue weighted by molar-refractivity contribution is 6.22. The lowest BCUT2D eigenvalue weighted by molar-refractivity contribution is -0.139. The largest absolute Gasteiger partial charge is 0.480 e. The predicted octanol–water partition coefficient (Wildman–Crippen LogP) is 1.83. The Balaban J connectivity index is 1.48. The van der Waals surface area contributed by atoms with E-state index >= 15 is 0 Å². The molecule has 0 spiro atoms. The molecule has 0 bridgehead atoms. The number of nitrogens with one attached hydrogen (secondary N) is 2. The summed E-state index contributed by atoms with van der Waals surface area (Å²) in [4.78, 5) is 51.3. The molecule has 3 N–H and O–H groups in total. The van der Waals surface area contributed by atoms with Gasteiger partial charge >= 0.3 is 5.97 Å². The zero-order valence-electron chi connectivity index (χ0n) is 18.6. The molecule has 2 heterocycles. The number of fused-ring (bicyclic) bond motifs is 1. The van der Waals surface area contributed by atoms with Crippen LogP contribution in [0, 0.1) is 25.7 Å². The van der Waals surface area contributed by atoms with Crippen LogP contribution < -0.4 is 15.5 Å². The number of hydrogen-bond donors (Lipinski definition) is 3. The summed E-state index contributed by atoms with van der Waals surface area (Å²) in [6.07, 6.45) is 0.716. The summed E-state index contributed by atoms with van der Waals surface area (Å²) in [5, 5.41) is 15.4. The minimum absolute atomic E-state index is 0.0728. The number of carbonyl (C=O) groups excluding carboxylic acids is 3. The highest BCUT2D eigenvalue weighted by atomic mass is 16.4. The molecule has 3 amide bonds. The lowest BCUT2D eigenvalue weighted by Gasteiger charge is -2.21. The number of rotatable bonds is 6. The lowest BCUT2D eigenvalue weighted by Crippen LogP contribution is -2.42. The number of nitrogens with zero attached hydrogens (tertiary/aromatic N) is 1. The maximum absolute atomic E-state index is 12.8. The minimum Gasteiger partial charge on any atom is -0.480 e. The standard InChI is InChI=1S/C25H27N3O5/c1-14-4-3-5-15(2)21(14)22(29)27-20(25(32)33)12-16-6-8-17(9-7-16)28-23(30)18-10-11-26-13-19(18)24(28)31/h3-9,18-20,26H,10-13H2,1-2H3,(H,27,29)(H,32,33)/t18?,19?,20-/m0/s1. The van der Waals surface area contributed by atoms with Gasteiger partial charge in [0.2, 0.25) is 11.8 Å². The monoisotopic (exact) mass is 449 g/mol. The summed E-state index contributed by atoms with van der Waals surface area (Å²) in [6.45, 7) is 4.84. The molecule has 2 aromatic rings. The number of carboxylic acids is 1. The first-order valence-electron chi connectivity index (χ1n) is 11.0. The van der Waals surface area contributed by atoms with Crippen LogP contribution in [0.1, 0.15) is 33.5 Å². The molecule has 2 unspecified atom stereocenters. The van der Waals surface area contributed by atoms with Crippen LogP contribution in [-0.4, -0.2) is 47.9 Å². The van der Waals surface area contributed by atoms with E-state index in [4.69, 9.17) is 0 Å². The molecule has 8 heteroatoms. The Morgan fingerprint density at radius 1 is 1.06 bits per heavy atom. The van der Waals surface area contributed by atoms with Gasteiger partial charge in [-0.2, -0.15) is 0 Å². The highest BCUT2D eigenvalue weighted by Gasteiger charge is 2.48. The number of piperidine rings is 1. The summed E-state index contributed by atoms with van der Waals surface area (Å²) in [5.41, 5.74) is 3.18. The molecular formula is C25H27N3O5. The van der Waals surface area contributed by atoms with Gasteiger partial charge < -0.3 is 15.7 Å². The second kappa shape index (κ2) is 9.15. The van der Waals surface area contributed by atoms with Crippen LogP contribution in [0.15, 0.2) is 42.5 Å². The van der Waals surface area contributed by atoms with Gasteiger partial charge in [0.15, 0.2) is 0 Å². The van der Waals surface area contributed by atoms with Crippen LogP contribution in [0.2, 0.25) is 0 Å². The number of imide groups is 1. The van der Waals surface area contributed by atoms with Gasteiger partial charge in [-0.1, -0.05) is 30.3 Å². The molecule has 2 aromatic carbocycles. The van der Waals surface area contributed by atoms with E-state index in [0.717, 1.165) is 17.7 Å². The molecule has 2 aliphatic rings. The summed E-state index contributed by atoms with van der Waals surface area (Å²) >= 11 is 0. The average molecular weight is 450 g/mol. The molecular weight excluding hydrogens is 422 g/mol. The fourth-order valence-corrected chi connectivity index (χ4v) is 4.73. The quantitative estimate of drug-likeness (QED) is 0.580. The fourth-order valence-electron chi connectivity index (χ4n) is 4.73. The molecule has 2 saturated heterocycles. The summed E-state index contributed by atoms with van der Waals surface area (Å²) in [5.74, 6) is -2.56. The smallest absolute Gasteiger partial charge is 0.326 e. The first kappa shape index (κ1) is 22.7. The third-order valence-corrected chi connectivity index (χ3v) is 6.50. The lowest BCUT2D eigenvalue weighted by atomic mass is 9.89. The fraction of sp³-hybridized carbons (Fsp3) is 0.360. The van der Waals surface area contributed by atoms with Crippen molar-refractivity contribution in [1.82, 2.24) is 10.6 Å². The van der Waals surface area contributed by atoms with Gasteiger partial charge in [-0.25, -0.2) is 4.79 Å². The molecule has 0 aliphatic carbocycles. The second-order valence-electron chi connectivity index (χ2n) is 8.72.